The molecule has 0 bridgehead atoms. The minimum absolute atomic E-state index is 0.0319. The number of nitrogens with zero attached hydrogens (tertiary/aromatic N) is 3. The van der Waals surface area contributed by atoms with Gasteiger partial charge in [-0.2, -0.15) is 0 Å². The molecule has 0 unspecified atom stereocenters. The molecule has 3 fully saturated rings. The van der Waals surface area contributed by atoms with Gasteiger partial charge in [0, 0.05) is 30.2 Å². The van der Waals surface area contributed by atoms with Gasteiger partial charge in [0.1, 0.15) is 24.2 Å². The summed E-state index contributed by atoms with van der Waals surface area (Å²) in [5.41, 5.74) is 4.56. The Bertz CT molecular complexity index is 2050. The van der Waals surface area contributed by atoms with Crippen molar-refractivity contribution in [3.8, 4) is 0 Å². The third kappa shape index (κ3) is 11.4. The predicted octanol–water partition coefficient (Wildman–Crippen LogP) is 7.44. The summed E-state index contributed by atoms with van der Waals surface area (Å²) in [6.07, 6.45) is 9.63. The zero-order valence-electron chi connectivity index (χ0n) is 39.2. The van der Waals surface area contributed by atoms with E-state index in [1.165, 1.54) is 19.1 Å². The lowest BCUT2D eigenvalue weighted by atomic mass is 10.0. The van der Waals surface area contributed by atoms with Crippen molar-refractivity contribution in [3.05, 3.63) is 83.9 Å². The molecule has 3 aromatic rings. The van der Waals surface area contributed by atoms with E-state index in [4.69, 9.17) is 9.47 Å². The topological polar surface area (TPSA) is 179 Å². The second-order valence-corrected chi connectivity index (χ2v) is 22.8. The largest absolute Gasteiger partial charge is 0.453 e. The van der Waals surface area contributed by atoms with Crippen LogP contribution in [0.3, 0.4) is 0 Å². The SMILES string of the molecule is COC(=O)N[C@H](C(=O)N1CCC[C@H]1C(=O)Nc1ccc([C@@H]2CC[C@@H](c3ccc(NC(=O)[C@@H]4CCCN4C(=O)[C@@H](NC(=O)OC)C(C)C)cc3)N2c2ccc(S(C)(C)C)cc2)cc1)C(C)C. The minimum atomic E-state index is -0.936. The van der Waals surface area contributed by atoms with E-state index in [2.05, 4.69) is 93.5 Å². The van der Waals surface area contributed by atoms with E-state index >= 15 is 0 Å². The van der Waals surface area contributed by atoms with Gasteiger partial charge in [-0.25, -0.2) is 19.6 Å². The molecule has 0 aromatic heterocycles. The molecule has 65 heavy (non-hydrogen) atoms. The Hall–Kier alpha value is -5.77. The fraction of sp³-hybridized carbons (Fsp3) is 0.510. The molecule has 352 valence electrons. The normalized spacial score (nSPS) is 20.9. The van der Waals surface area contributed by atoms with Crippen LogP contribution in [0, 0.1) is 11.8 Å². The van der Waals surface area contributed by atoms with Gasteiger partial charge in [0.05, 0.1) is 26.3 Å². The molecule has 6 rings (SSSR count). The molecule has 0 spiro atoms. The van der Waals surface area contributed by atoms with Crippen LogP contribution in [0.2, 0.25) is 0 Å². The van der Waals surface area contributed by atoms with Gasteiger partial charge in [-0.05, 0) is 134 Å². The summed E-state index contributed by atoms with van der Waals surface area (Å²) in [5, 5.41) is 11.3. The molecular weight excluding hydrogens is 847 g/mol. The molecule has 15 nitrogen and oxygen atoms in total. The van der Waals surface area contributed by atoms with Gasteiger partial charge in [-0.15, -0.1) is 0 Å². The first-order valence-corrected chi connectivity index (χ1v) is 25.5. The molecule has 0 radical (unpaired) electrons. The lowest BCUT2D eigenvalue weighted by Gasteiger charge is -2.34. The molecule has 3 saturated heterocycles. The van der Waals surface area contributed by atoms with Gasteiger partial charge >= 0.3 is 12.2 Å². The number of benzene rings is 3. The predicted molar refractivity (Wildman–Crippen MR) is 255 cm³/mol. The second kappa shape index (κ2) is 21.0. The standard InChI is InChI=1S/C49H67N7O8S/c1-30(2)42(52-48(61)63-5)46(59)54-28-10-12-40(54)44(57)50-34-18-14-32(15-19-34)38-26-27-39(56(38)36-22-24-37(25-23-36)65(7,8)9)33-16-20-35(21-17-33)51-45(58)41-13-11-29-55(41)47(60)43(31(3)4)53-49(62)64-6/h14-25,30-31,38-43H,10-13,26-29H2,1-9H3,(H,50,57)(H,51,58)(H,52,61)(H,53,62)/t38-,39-,40-,41-,42-,43-/m0/s1. The summed E-state index contributed by atoms with van der Waals surface area (Å²) in [5.74, 6) is -1.55. The van der Waals surface area contributed by atoms with Gasteiger partial charge in [0.15, 0.2) is 0 Å². The molecule has 6 atom stereocenters. The zero-order chi connectivity index (χ0) is 47.2. The van der Waals surface area contributed by atoms with E-state index in [-0.39, 0.29) is 47.5 Å². The third-order valence-electron chi connectivity index (χ3n) is 12.8. The van der Waals surface area contributed by atoms with E-state index in [1.807, 2.05) is 52.0 Å². The number of rotatable bonds is 14. The summed E-state index contributed by atoms with van der Waals surface area (Å²) in [7, 11) is 1.57. The van der Waals surface area contributed by atoms with Crippen molar-refractivity contribution in [2.45, 2.75) is 107 Å². The van der Waals surface area contributed by atoms with Crippen LogP contribution in [0.25, 0.3) is 0 Å². The Kier molecular flexibility index (Phi) is 15.8. The molecule has 0 saturated carbocycles. The van der Waals surface area contributed by atoms with Crippen LogP contribution in [0.1, 0.15) is 89.4 Å². The maximum atomic E-state index is 13.7. The number of carbonyl (C=O) groups excluding carboxylic acids is 6. The van der Waals surface area contributed by atoms with Crippen molar-refractivity contribution in [3.63, 3.8) is 0 Å². The molecule has 4 N–H and O–H groups in total. The van der Waals surface area contributed by atoms with E-state index in [0.29, 0.717) is 50.1 Å². The monoisotopic (exact) mass is 913 g/mol. The molecular formula is C49H67N7O8S. The number of hydrogen-bond donors (Lipinski definition) is 4. The van der Waals surface area contributed by atoms with Crippen molar-refractivity contribution < 1.29 is 38.2 Å². The van der Waals surface area contributed by atoms with Crippen molar-refractivity contribution in [2.75, 3.05) is 61.6 Å². The summed E-state index contributed by atoms with van der Waals surface area (Å²) in [6.45, 7) is 8.22. The highest BCUT2D eigenvalue weighted by Gasteiger charge is 2.41. The number of carbonyl (C=O) groups is 6. The molecule has 0 aliphatic carbocycles. The quantitative estimate of drug-likeness (QED) is 0.128. The smallest absolute Gasteiger partial charge is 0.407 e. The number of alkyl carbamates (subject to hydrolysis) is 2. The molecule has 3 heterocycles. The second-order valence-electron chi connectivity index (χ2n) is 18.7. The molecule has 16 heteroatoms. The Morgan fingerprint density at radius 3 is 1.29 bits per heavy atom. The highest BCUT2D eigenvalue weighted by Crippen LogP contribution is 2.50. The number of amides is 6. The highest BCUT2D eigenvalue weighted by molar-refractivity contribution is 8.32. The number of nitrogens with one attached hydrogen (secondary N) is 4. The van der Waals surface area contributed by atoms with Crippen molar-refractivity contribution in [1.82, 2.24) is 20.4 Å². The average molecular weight is 914 g/mol. The Balaban J connectivity index is 1.17. The van der Waals surface area contributed by atoms with Gasteiger partial charge in [-0.1, -0.05) is 52.0 Å². The van der Waals surface area contributed by atoms with Crippen molar-refractivity contribution in [1.29, 1.82) is 0 Å². The van der Waals surface area contributed by atoms with E-state index in [9.17, 15) is 28.8 Å². The van der Waals surface area contributed by atoms with Crippen molar-refractivity contribution >= 4 is 62.9 Å². The van der Waals surface area contributed by atoms with E-state index in [0.717, 1.165) is 29.7 Å². The highest BCUT2D eigenvalue weighted by atomic mass is 32.3. The van der Waals surface area contributed by atoms with Gasteiger partial charge < -0.3 is 45.4 Å². The van der Waals surface area contributed by atoms with Crippen LogP contribution in [-0.4, -0.2) is 116 Å². The third-order valence-corrected chi connectivity index (χ3v) is 14.5. The van der Waals surface area contributed by atoms with Crippen LogP contribution in [0.15, 0.2) is 77.7 Å². The fourth-order valence-corrected chi connectivity index (χ4v) is 10.2. The average Bonchev–Trinajstić information content (AvgIpc) is 4.08. The molecule has 3 aromatic carbocycles. The van der Waals surface area contributed by atoms with Crippen LogP contribution in [0.4, 0.5) is 26.7 Å². The first kappa shape index (κ1) is 48.7. The van der Waals surface area contributed by atoms with E-state index < -0.39 is 46.4 Å². The zero-order valence-corrected chi connectivity index (χ0v) is 40.0. The summed E-state index contributed by atoms with van der Waals surface area (Å²) >= 11 is 0. The fourth-order valence-electron chi connectivity index (χ4n) is 9.24. The van der Waals surface area contributed by atoms with Gasteiger partial charge in [0.2, 0.25) is 23.6 Å². The lowest BCUT2D eigenvalue weighted by molar-refractivity contribution is -0.139. The van der Waals surface area contributed by atoms with Crippen LogP contribution in [0.5, 0.6) is 0 Å². The first-order chi connectivity index (χ1) is 30.9. The van der Waals surface area contributed by atoms with Gasteiger partial charge in [-0.3, -0.25) is 19.2 Å². The first-order valence-electron chi connectivity index (χ1n) is 22.6. The maximum absolute atomic E-state index is 13.7. The number of hydrogen-bond acceptors (Lipinski definition) is 9. The summed E-state index contributed by atoms with van der Waals surface area (Å²) in [4.78, 5) is 85.4. The number of methoxy groups -OCH3 is 2. The Labute approximate surface area is 385 Å². The molecule has 3 aliphatic heterocycles. The Morgan fingerprint density at radius 2 is 0.954 bits per heavy atom. The summed E-state index contributed by atoms with van der Waals surface area (Å²) < 4.78 is 9.49. The van der Waals surface area contributed by atoms with Crippen LogP contribution < -0.4 is 26.2 Å². The summed E-state index contributed by atoms with van der Waals surface area (Å²) in [6, 6.07) is 21.9. The lowest BCUT2D eigenvalue weighted by Crippen LogP contribution is -2.54. The van der Waals surface area contributed by atoms with Crippen LogP contribution in [-0.2, 0) is 28.7 Å². The van der Waals surface area contributed by atoms with Crippen LogP contribution >= 0.6 is 10.0 Å². The van der Waals surface area contributed by atoms with Crippen molar-refractivity contribution in [2.24, 2.45) is 11.8 Å². The number of ether oxygens (including phenoxy) is 2. The molecule has 3 aliphatic rings. The Morgan fingerprint density at radius 1 is 0.569 bits per heavy atom. The maximum Gasteiger partial charge on any atom is 0.407 e. The van der Waals surface area contributed by atoms with Gasteiger partial charge in [0.25, 0.3) is 0 Å². The minimum Gasteiger partial charge on any atom is -0.453 e. The molecule has 6 amide bonds. The van der Waals surface area contributed by atoms with E-state index in [1.54, 1.807) is 9.80 Å². The number of anilines is 3. The number of likely N-dealkylation sites (tertiary alicyclic amines) is 2.